The van der Waals surface area contributed by atoms with Crippen LogP contribution in [0.5, 0.6) is 0 Å². The zero-order valence-electron chi connectivity index (χ0n) is 9.37. The monoisotopic (exact) mass is 209 g/mol. The summed E-state index contributed by atoms with van der Waals surface area (Å²) in [5.41, 5.74) is 0. The molecule has 84 valence electrons. The lowest BCUT2D eigenvalue weighted by Crippen LogP contribution is -2.32. The molecule has 0 spiro atoms. The standard InChI is InChI=1S/C12H19NO2/c1-4-7-8-11-15-12(14)13(9-5-2)10-6-3/h2,6H,3-4,7-11H2,1H3. The fraction of sp³-hybridized carbons (Fsp3) is 0.583. The van der Waals surface area contributed by atoms with Gasteiger partial charge in [-0.25, -0.2) is 4.79 Å². The normalized spacial score (nSPS) is 9.07. The van der Waals surface area contributed by atoms with E-state index >= 15 is 0 Å². The summed E-state index contributed by atoms with van der Waals surface area (Å²) in [7, 11) is 0. The SMILES string of the molecule is C#CCN(CC=C)C(=O)OCCCCC. The van der Waals surface area contributed by atoms with Gasteiger partial charge < -0.3 is 4.74 Å². The summed E-state index contributed by atoms with van der Waals surface area (Å²) < 4.78 is 5.06. The van der Waals surface area contributed by atoms with E-state index in [4.69, 9.17) is 11.2 Å². The average Bonchev–Trinajstić information content (AvgIpc) is 2.24. The molecule has 0 aliphatic heterocycles. The number of ether oxygens (including phenoxy) is 1. The maximum absolute atomic E-state index is 11.4. The van der Waals surface area contributed by atoms with Gasteiger partial charge in [0.25, 0.3) is 0 Å². The van der Waals surface area contributed by atoms with Crippen molar-refractivity contribution in [2.75, 3.05) is 19.7 Å². The Morgan fingerprint density at radius 2 is 2.33 bits per heavy atom. The minimum atomic E-state index is -0.357. The van der Waals surface area contributed by atoms with Crippen LogP contribution < -0.4 is 0 Å². The number of carbonyl (C=O) groups excluding carboxylic acids is 1. The predicted octanol–water partition coefficient (Wildman–Crippen LogP) is 2.43. The number of amides is 1. The quantitative estimate of drug-likeness (QED) is 0.366. The number of hydrogen-bond acceptors (Lipinski definition) is 2. The molecule has 0 aromatic rings. The molecule has 0 heterocycles. The molecule has 0 aromatic carbocycles. The molecule has 0 aliphatic rings. The molecule has 0 radical (unpaired) electrons. The van der Waals surface area contributed by atoms with Crippen LogP contribution in [0.15, 0.2) is 12.7 Å². The third kappa shape index (κ3) is 6.62. The van der Waals surface area contributed by atoms with Gasteiger partial charge in [0.05, 0.1) is 13.2 Å². The van der Waals surface area contributed by atoms with Crippen LogP contribution in [0.4, 0.5) is 4.79 Å². The Labute approximate surface area is 92.1 Å². The van der Waals surface area contributed by atoms with E-state index in [0.29, 0.717) is 13.2 Å². The van der Waals surface area contributed by atoms with Crippen molar-refractivity contribution in [3.05, 3.63) is 12.7 Å². The van der Waals surface area contributed by atoms with Gasteiger partial charge >= 0.3 is 6.09 Å². The molecule has 0 atom stereocenters. The van der Waals surface area contributed by atoms with Crippen molar-refractivity contribution in [1.82, 2.24) is 4.90 Å². The van der Waals surface area contributed by atoms with E-state index < -0.39 is 0 Å². The zero-order chi connectivity index (χ0) is 11.5. The van der Waals surface area contributed by atoms with Crippen LogP contribution in [-0.2, 0) is 4.74 Å². The third-order valence-corrected chi connectivity index (χ3v) is 1.86. The molecule has 1 amide bonds. The first-order valence-corrected chi connectivity index (χ1v) is 5.22. The molecule has 15 heavy (non-hydrogen) atoms. The topological polar surface area (TPSA) is 29.5 Å². The van der Waals surface area contributed by atoms with Crippen molar-refractivity contribution in [1.29, 1.82) is 0 Å². The van der Waals surface area contributed by atoms with Gasteiger partial charge in [0.1, 0.15) is 0 Å². The summed E-state index contributed by atoms with van der Waals surface area (Å²) in [4.78, 5) is 12.9. The second-order valence-corrected chi connectivity index (χ2v) is 3.19. The van der Waals surface area contributed by atoms with Crippen molar-refractivity contribution in [3.8, 4) is 12.3 Å². The van der Waals surface area contributed by atoms with Gasteiger partial charge in [-0.15, -0.1) is 13.0 Å². The molecule has 0 aliphatic carbocycles. The van der Waals surface area contributed by atoms with Crippen LogP contribution in [0.25, 0.3) is 0 Å². The number of carbonyl (C=O) groups is 1. The van der Waals surface area contributed by atoms with Crippen molar-refractivity contribution >= 4 is 6.09 Å². The Morgan fingerprint density at radius 1 is 1.60 bits per heavy atom. The van der Waals surface area contributed by atoms with Crippen molar-refractivity contribution in [2.45, 2.75) is 26.2 Å². The maximum Gasteiger partial charge on any atom is 0.410 e. The van der Waals surface area contributed by atoms with Gasteiger partial charge in [0.15, 0.2) is 0 Å². The first kappa shape index (κ1) is 13.6. The van der Waals surface area contributed by atoms with Gasteiger partial charge in [-0.1, -0.05) is 31.8 Å². The van der Waals surface area contributed by atoms with E-state index in [-0.39, 0.29) is 12.6 Å². The molecule has 0 rings (SSSR count). The maximum atomic E-state index is 11.4. The molecule has 0 saturated carbocycles. The third-order valence-electron chi connectivity index (χ3n) is 1.86. The van der Waals surface area contributed by atoms with Crippen molar-refractivity contribution in [2.24, 2.45) is 0 Å². The Bertz CT molecular complexity index is 230. The number of nitrogens with zero attached hydrogens (tertiary/aromatic N) is 1. The summed E-state index contributed by atoms with van der Waals surface area (Å²) in [6, 6.07) is 0. The van der Waals surface area contributed by atoms with Crippen LogP contribution in [0, 0.1) is 12.3 Å². The van der Waals surface area contributed by atoms with Crippen LogP contribution in [-0.4, -0.2) is 30.7 Å². The first-order valence-electron chi connectivity index (χ1n) is 5.22. The Kier molecular flexibility index (Phi) is 8.27. The van der Waals surface area contributed by atoms with Crippen LogP contribution in [0.2, 0.25) is 0 Å². The van der Waals surface area contributed by atoms with Crippen LogP contribution >= 0.6 is 0 Å². The number of hydrogen-bond donors (Lipinski definition) is 0. The minimum Gasteiger partial charge on any atom is -0.449 e. The number of terminal acetylenes is 1. The highest BCUT2D eigenvalue weighted by Crippen LogP contribution is 1.98. The number of unbranched alkanes of at least 4 members (excludes halogenated alkanes) is 2. The molecule has 0 aromatic heterocycles. The predicted molar refractivity (Wildman–Crippen MR) is 61.5 cm³/mol. The Balaban J connectivity index is 3.82. The van der Waals surface area contributed by atoms with Gasteiger partial charge in [-0.05, 0) is 6.42 Å². The molecule has 0 N–H and O–H groups in total. The van der Waals surface area contributed by atoms with E-state index in [1.54, 1.807) is 6.08 Å². The smallest absolute Gasteiger partial charge is 0.410 e. The molecule has 0 bridgehead atoms. The first-order chi connectivity index (χ1) is 7.26. The van der Waals surface area contributed by atoms with E-state index in [1.165, 1.54) is 4.90 Å². The van der Waals surface area contributed by atoms with Crippen LogP contribution in [0.3, 0.4) is 0 Å². The molecular weight excluding hydrogens is 190 g/mol. The van der Waals surface area contributed by atoms with Crippen molar-refractivity contribution in [3.63, 3.8) is 0 Å². The second kappa shape index (κ2) is 9.14. The van der Waals surface area contributed by atoms with Gasteiger partial charge in [-0.2, -0.15) is 0 Å². The average molecular weight is 209 g/mol. The van der Waals surface area contributed by atoms with Gasteiger partial charge in [0, 0.05) is 6.54 Å². The summed E-state index contributed by atoms with van der Waals surface area (Å²) in [6.45, 7) is 6.81. The minimum absolute atomic E-state index is 0.263. The van der Waals surface area contributed by atoms with Crippen molar-refractivity contribution < 1.29 is 9.53 Å². The second-order valence-electron chi connectivity index (χ2n) is 3.19. The largest absolute Gasteiger partial charge is 0.449 e. The lowest BCUT2D eigenvalue weighted by atomic mass is 10.3. The lowest BCUT2D eigenvalue weighted by molar-refractivity contribution is 0.109. The van der Waals surface area contributed by atoms with E-state index in [0.717, 1.165) is 19.3 Å². The van der Waals surface area contributed by atoms with Gasteiger partial charge in [-0.3, -0.25) is 4.90 Å². The summed E-state index contributed by atoms with van der Waals surface area (Å²) in [6.07, 6.45) is 9.50. The summed E-state index contributed by atoms with van der Waals surface area (Å²) in [5.74, 6) is 2.41. The fourth-order valence-electron chi connectivity index (χ4n) is 1.07. The van der Waals surface area contributed by atoms with E-state index in [9.17, 15) is 4.79 Å². The van der Waals surface area contributed by atoms with Gasteiger partial charge in [0.2, 0.25) is 0 Å². The van der Waals surface area contributed by atoms with E-state index in [2.05, 4.69) is 19.4 Å². The molecular formula is C12H19NO2. The highest BCUT2D eigenvalue weighted by Gasteiger charge is 2.11. The highest BCUT2D eigenvalue weighted by atomic mass is 16.6. The van der Waals surface area contributed by atoms with Crippen LogP contribution in [0.1, 0.15) is 26.2 Å². The Morgan fingerprint density at radius 3 is 2.87 bits per heavy atom. The van der Waals surface area contributed by atoms with E-state index in [1.807, 2.05) is 0 Å². The zero-order valence-corrected chi connectivity index (χ0v) is 9.37. The fourth-order valence-corrected chi connectivity index (χ4v) is 1.07. The molecule has 3 nitrogen and oxygen atoms in total. The summed E-state index contributed by atoms with van der Waals surface area (Å²) >= 11 is 0. The number of rotatable bonds is 7. The molecule has 3 heteroatoms. The summed E-state index contributed by atoms with van der Waals surface area (Å²) in [5, 5.41) is 0. The molecule has 0 fully saturated rings. The lowest BCUT2D eigenvalue weighted by Gasteiger charge is -2.17. The molecule has 0 unspecified atom stereocenters. The molecule has 0 saturated heterocycles. The highest BCUT2D eigenvalue weighted by molar-refractivity contribution is 5.68. The Hall–Kier alpha value is -1.43.